The number of guanidine groups is 1. The fourth-order valence-electron chi connectivity index (χ4n) is 3.67. The summed E-state index contributed by atoms with van der Waals surface area (Å²) < 4.78 is 23.3. The summed E-state index contributed by atoms with van der Waals surface area (Å²) in [5, 5.41) is 4.68. The molecular weight excluding hydrogens is 368 g/mol. The Morgan fingerprint density at radius 2 is 2.12 bits per heavy atom. The number of nitrogens with zero attached hydrogens (tertiary/aromatic N) is 3. The smallest absolute Gasteiger partial charge is 0.194 e. The molecule has 4 rings (SSSR count). The second-order valence-electron chi connectivity index (χ2n) is 7.89. The second kappa shape index (κ2) is 7.46. The molecule has 1 saturated heterocycles. The first-order valence-corrected chi connectivity index (χ1v) is 12.3. The fraction of sp³-hybridized carbons (Fsp3) is 0.778. The number of aryl methyl sites for hydroxylation is 2. The van der Waals surface area contributed by atoms with E-state index in [4.69, 9.17) is 9.98 Å². The molecule has 2 fully saturated rings. The maximum Gasteiger partial charge on any atom is 0.194 e. The summed E-state index contributed by atoms with van der Waals surface area (Å²) in [5.41, 5.74) is 1.30. The predicted octanol–water partition coefficient (Wildman–Crippen LogP) is 2.00. The molecule has 1 aliphatic heterocycles. The quantitative estimate of drug-likeness (QED) is 0.609. The van der Waals surface area contributed by atoms with Crippen LogP contribution in [0, 0.1) is 5.92 Å². The summed E-state index contributed by atoms with van der Waals surface area (Å²) in [4.78, 5) is 13.2. The van der Waals surface area contributed by atoms with Crippen LogP contribution in [0.1, 0.15) is 47.7 Å². The van der Waals surface area contributed by atoms with Crippen molar-refractivity contribution in [1.82, 2.24) is 15.2 Å². The molecular formula is C18H28N4O2S2. The summed E-state index contributed by atoms with van der Waals surface area (Å²) >= 11 is 1.84. The van der Waals surface area contributed by atoms with Crippen LogP contribution in [-0.2, 0) is 29.2 Å². The van der Waals surface area contributed by atoms with E-state index in [0.29, 0.717) is 18.3 Å². The molecule has 1 N–H and O–H groups in total. The van der Waals surface area contributed by atoms with E-state index >= 15 is 0 Å². The average Bonchev–Trinajstić information content (AvgIpc) is 3.22. The molecule has 0 radical (unpaired) electrons. The normalized spacial score (nSPS) is 25.1. The maximum atomic E-state index is 11.7. The number of aromatic nitrogens is 1. The van der Waals surface area contributed by atoms with Gasteiger partial charge in [0, 0.05) is 24.5 Å². The zero-order chi connectivity index (χ0) is 18.1. The van der Waals surface area contributed by atoms with Crippen LogP contribution in [-0.4, -0.2) is 55.4 Å². The van der Waals surface area contributed by atoms with Gasteiger partial charge in [0.1, 0.15) is 5.01 Å². The third-order valence-corrected chi connectivity index (χ3v) is 8.34. The van der Waals surface area contributed by atoms with Crippen LogP contribution >= 0.6 is 11.3 Å². The average molecular weight is 397 g/mol. The Kier molecular flexibility index (Phi) is 5.23. The van der Waals surface area contributed by atoms with Crippen molar-refractivity contribution in [3.63, 3.8) is 0 Å². The molecule has 26 heavy (non-hydrogen) atoms. The van der Waals surface area contributed by atoms with Crippen LogP contribution in [0.2, 0.25) is 0 Å². The summed E-state index contributed by atoms with van der Waals surface area (Å²) in [5.74, 6) is 1.66. The van der Waals surface area contributed by atoms with Gasteiger partial charge in [0.15, 0.2) is 15.8 Å². The third-order valence-electron chi connectivity index (χ3n) is 5.36. The van der Waals surface area contributed by atoms with Gasteiger partial charge < -0.3 is 10.2 Å². The number of aliphatic imine (C=N–C) groups is 1. The van der Waals surface area contributed by atoms with Crippen LogP contribution in [0.4, 0.5) is 0 Å². The molecule has 3 aliphatic rings. The number of sulfone groups is 1. The Morgan fingerprint density at radius 1 is 1.31 bits per heavy atom. The summed E-state index contributed by atoms with van der Waals surface area (Å²) in [6, 6.07) is 0.521. The van der Waals surface area contributed by atoms with Crippen molar-refractivity contribution in [2.24, 2.45) is 10.9 Å². The minimum atomic E-state index is -2.84. The summed E-state index contributed by atoms with van der Waals surface area (Å²) in [6.45, 7) is 1.35. The molecule has 0 aromatic carbocycles. The van der Waals surface area contributed by atoms with Gasteiger partial charge >= 0.3 is 0 Å². The van der Waals surface area contributed by atoms with Gasteiger partial charge in [-0.05, 0) is 50.9 Å². The molecule has 6 nitrogen and oxygen atoms in total. The van der Waals surface area contributed by atoms with E-state index in [2.05, 4.69) is 17.3 Å². The topological polar surface area (TPSA) is 74.7 Å². The number of nitrogens with one attached hydrogen (secondary N) is 1. The largest absolute Gasteiger partial charge is 0.354 e. The van der Waals surface area contributed by atoms with Crippen LogP contribution in [0.5, 0.6) is 0 Å². The van der Waals surface area contributed by atoms with E-state index in [-0.39, 0.29) is 11.7 Å². The maximum absolute atomic E-state index is 11.7. The zero-order valence-corrected chi connectivity index (χ0v) is 17.0. The second-order valence-corrected chi connectivity index (χ2v) is 11.3. The van der Waals surface area contributed by atoms with Crippen LogP contribution in [0.25, 0.3) is 0 Å². The molecule has 144 valence electrons. The molecule has 0 spiro atoms. The number of hydrogen-bond donors (Lipinski definition) is 1. The Balaban J connectivity index is 1.41. The van der Waals surface area contributed by atoms with E-state index in [1.165, 1.54) is 42.7 Å². The van der Waals surface area contributed by atoms with Gasteiger partial charge in [-0.25, -0.2) is 13.4 Å². The Hall–Kier alpha value is -1.15. The van der Waals surface area contributed by atoms with Gasteiger partial charge in [-0.3, -0.25) is 4.99 Å². The highest BCUT2D eigenvalue weighted by molar-refractivity contribution is 7.91. The predicted molar refractivity (Wildman–Crippen MR) is 105 cm³/mol. The minimum Gasteiger partial charge on any atom is -0.354 e. The molecule has 0 amide bonds. The highest BCUT2D eigenvalue weighted by Crippen LogP contribution is 2.27. The van der Waals surface area contributed by atoms with Crippen molar-refractivity contribution in [3.05, 3.63) is 15.6 Å². The van der Waals surface area contributed by atoms with Crippen molar-refractivity contribution in [1.29, 1.82) is 0 Å². The highest BCUT2D eigenvalue weighted by Gasteiger charge is 2.29. The molecule has 1 aromatic heterocycles. The molecule has 8 heteroatoms. The molecule has 2 heterocycles. The fourth-order valence-corrected chi connectivity index (χ4v) is 6.73. The van der Waals surface area contributed by atoms with Crippen molar-refractivity contribution >= 4 is 27.1 Å². The number of rotatable bonds is 5. The lowest BCUT2D eigenvalue weighted by Gasteiger charge is -2.22. The van der Waals surface area contributed by atoms with Crippen molar-refractivity contribution < 1.29 is 8.42 Å². The van der Waals surface area contributed by atoms with Gasteiger partial charge in [0.25, 0.3) is 0 Å². The molecule has 1 saturated carbocycles. The first kappa shape index (κ1) is 18.2. The van der Waals surface area contributed by atoms with Crippen molar-refractivity contribution in [2.45, 2.75) is 57.5 Å². The summed E-state index contributed by atoms with van der Waals surface area (Å²) in [6.07, 6.45) is 7.95. The molecule has 0 bridgehead atoms. The van der Waals surface area contributed by atoms with E-state index in [1.54, 1.807) is 0 Å². The van der Waals surface area contributed by atoms with E-state index in [1.807, 2.05) is 11.3 Å². The number of fused-ring (bicyclic) bond motifs is 1. The molecule has 2 aliphatic carbocycles. The van der Waals surface area contributed by atoms with Gasteiger partial charge in [0.2, 0.25) is 0 Å². The van der Waals surface area contributed by atoms with Gasteiger partial charge in [0.05, 0.1) is 23.7 Å². The lowest BCUT2D eigenvalue weighted by molar-refractivity contribution is 0.468. The van der Waals surface area contributed by atoms with Crippen molar-refractivity contribution in [2.75, 3.05) is 25.1 Å². The zero-order valence-electron chi connectivity index (χ0n) is 15.4. The monoisotopic (exact) mass is 396 g/mol. The van der Waals surface area contributed by atoms with Crippen LogP contribution < -0.4 is 5.32 Å². The SMILES string of the molecule is CN(Cc1nc2c(s1)CCCC2)C(=NCC1CCS(=O)(=O)C1)NC1CC1. The van der Waals surface area contributed by atoms with Gasteiger partial charge in [-0.15, -0.1) is 11.3 Å². The van der Waals surface area contributed by atoms with Crippen LogP contribution in [0.15, 0.2) is 4.99 Å². The molecule has 1 aromatic rings. The first-order valence-electron chi connectivity index (χ1n) is 9.68. The first-order chi connectivity index (χ1) is 12.5. The standard InChI is InChI=1S/C18H28N4O2S2/c1-22(11-17-21-15-4-2-3-5-16(15)25-17)18(20-14-6-7-14)19-10-13-8-9-26(23,24)12-13/h13-14H,2-12H2,1H3,(H,19,20). The lowest BCUT2D eigenvalue weighted by atomic mass is 10.0. The van der Waals surface area contributed by atoms with E-state index < -0.39 is 9.84 Å². The minimum absolute atomic E-state index is 0.163. The Bertz CT molecular complexity index is 760. The van der Waals surface area contributed by atoms with Gasteiger partial charge in [-0.1, -0.05) is 0 Å². The molecule has 1 unspecified atom stereocenters. The third kappa shape index (κ3) is 4.57. The van der Waals surface area contributed by atoms with Crippen molar-refractivity contribution in [3.8, 4) is 0 Å². The van der Waals surface area contributed by atoms with Gasteiger partial charge in [-0.2, -0.15) is 0 Å². The highest BCUT2D eigenvalue weighted by atomic mass is 32.2. The number of thiazole rings is 1. The van der Waals surface area contributed by atoms with Crippen LogP contribution in [0.3, 0.4) is 0 Å². The lowest BCUT2D eigenvalue weighted by Crippen LogP contribution is -2.40. The van der Waals surface area contributed by atoms with E-state index in [0.717, 1.165) is 30.4 Å². The number of hydrogen-bond acceptors (Lipinski definition) is 5. The summed E-state index contributed by atoms with van der Waals surface area (Å²) in [7, 11) is -0.781. The Labute approximate surface area is 160 Å². The van der Waals surface area contributed by atoms with E-state index in [9.17, 15) is 8.42 Å². The Morgan fingerprint density at radius 3 is 2.81 bits per heavy atom. The molecule has 1 atom stereocenters.